The maximum absolute atomic E-state index is 4.23. The number of hydrogen-bond donors (Lipinski definition) is 1. The molecule has 0 spiro atoms. The Balaban J connectivity index is 1.99. The minimum Gasteiger partial charge on any atom is -0.250 e. The molecule has 0 aliphatic carbocycles. The lowest BCUT2D eigenvalue weighted by Gasteiger charge is -1.89. The average molecular weight is 224 g/mol. The Labute approximate surface area is 97.6 Å². The minimum atomic E-state index is 0.700. The van der Waals surface area contributed by atoms with Crippen molar-refractivity contribution in [1.82, 2.24) is 20.2 Å². The molecule has 0 atom stereocenters. The molecular weight excluding hydrogens is 214 g/mol. The van der Waals surface area contributed by atoms with Gasteiger partial charge in [0.05, 0.1) is 0 Å². The van der Waals surface area contributed by atoms with Crippen LogP contribution < -0.4 is 4.98 Å². The number of H-pyrrole nitrogens is 2. The van der Waals surface area contributed by atoms with Gasteiger partial charge in [0.25, 0.3) is 5.82 Å². The maximum atomic E-state index is 4.23. The molecule has 82 valence electrons. The van der Waals surface area contributed by atoms with Gasteiger partial charge in [-0.3, -0.25) is 0 Å². The summed E-state index contributed by atoms with van der Waals surface area (Å²) in [7, 11) is 0. The van der Waals surface area contributed by atoms with Crippen LogP contribution in [0.4, 0.5) is 0 Å². The van der Waals surface area contributed by atoms with E-state index in [0.717, 1.165) is 17.2 Å². The highest BCUT2D eigenvalue weighted by atomic mass is 15.2. The van der Waals surface area contributed by atoms with Crippen LogP contribution in [0.3, 0.4) is 0 Å². The van der Waals surface area contributed by atoms with Gasteiger partial charge in [-0.25, -0.2) is 15.0 Å². The fraction of sp³-hybridized carbons (Fsp3) is 0. The van der Waals surface area contributed by atoms with Gasteiger partial charge in [0, 0.05) is 17.5 Å². The average Bonchev–Trinajstić information content (AvgIpc) is 2.90. The first-order chi connectivity index (χ1) is 8.43. The standard InChI is InChI=1S/C12H9N5/c1-3-7-13-9(5-1)11-15-12(17-16-11)10-6-2-4-8-14-10/h1-8H,(H,15,16,17)/p+1. The predicted octanol–water partition coefficient (Wildman–Crippen LogP) is 1.35. The van der Waals surface area contributed by atoms with Crippen LogP contribution in [-0.4, -0.2) is 20.2 Å². The van der Waals surface area contributed by atoms with Gasteiger partial charge in [0.15, 0.2) is 0 Å². The van der Waals surface area contributed by atoms with E-state index in [2.05, 4.69) is 25.1 Å². The Bertz CT molecular complexity index is 549. The highest BCUT2D eigenvalue weighted by Crippen LogP contribution is 2.11. The Morgan fingerprint density at radius 2 is 1.59 bits per heavy atom. The van der Waals surface area contributed by atoms with E-state index in [4.69, 9.17) is 0 Å². The monoisotopic (exact) mass is 224 g/mol. The number of rotatable bonds is 2. The Morgan fingerprint density at radius 3 is 2.24 bits per heavy atom. The summed E-state index contributed by atoms with van der Waals surface area (Å²) in [4.78, 5) is 11.6. The highest BCUT2D eigenvalue weighted by molar-refractivity contribution is 5.49. The highest BCUT2D eigenvalue weighted by Gasteiger charge is 2.15. The van der Waals surface area contributed by atoms with E-state index >= 15 is 0 Å². The van der Waals surface area contributed by atoms with Crippen molar-refractivity contribution in [2.24, 2.45) is 0 Å². The quantitative estimate of drug-likeness (QED) is 0.714. The fourth-order valence-corrected chi connectivity index (χ4v) is 1.54. The zero-order valence-electron chi connectivity index (χ0n) is 8.96. The number of hydrogen-bond acceptors (Lipinski definition) is 3. The molecule has 3 heterocycles. The van der Waals surface area contributed by atoms with E-state index in [1.165, 1.54) is 0 Å². The summed E-state index contributed by atoms with van der Waals surface area (Å²) >= 11 is 0. The summed E-state index contributed by atoms with van der Waals surface area (Å²) in [5.41, 5.74) is 1.62. The largest absolute Gasteiger partial charge is 0.325 e. The molecule has 5 heteroatoms. The third kappa shape index (κ3) is 1.90. The van der Waals surface area contributed by atoms with Crippen LogP contribution >= 0.6 is 0 Å². The summed E-state index contributed by atoms with van der Waals surface area (Å²) in [6, 6.07) is 11.4. The Kier molecular flexibility index (Phi) is 2.34. The van der Waals surface area contributed by atoms with Crippen LogP contribution in [0, 0.1) is 0 Å². The molecule has 0 radical (unpaired) electrons. The van der Waals surface area contributed by atoms with Gasteiger partial charge in [-0.15, -0.1) is 5.10 Å². The Morgan fingerprint density at radius 1 is 0.882 bits per heavy atom. The van der Waals surface area contributed by atoms with Crippen LogP contribution in [-0.2, 0) is 0 Å². The van der Waals surface area contributed by atoms with Crippen LogP contribution in [0.1, 0.15) is 0 Å². The molecule has 17 heavy (non-hydrogen) atoms. The topological polar surface area (TPSA) is 68.6 Å². The molecule has 0 fully saturated rings. The normalized spacial score (nSPS) is 10.4. The second-order valence-corrected chi connectivity index (χ2v) is 3.50. The first kappa shape index (κ1) is 9.65. The van der Waals surface area contributed by atoms with E-state index in [1.54, 1.807) is 12.4 Å². The number of nitrogens with one attached hydrogen (secondary N) is 2. The summed E-state index contributed by atoms with van der Waals surface area (Å²) in [6.07, 6.45) is 3.47. The zero-order chi connectivity index (χ0) is 11.5. The molecule has 3 aromatic heterocycles. The second-order valence-electron chi connectivity index (χ2n) is 3.50. The van der Waals surface area contributed by atoms with Crippen molar-refractivity contribution in [2.45, 2.75) is 0 Å². The van der Waals surface area contributed by atoms with Crippen molar-refractivity contribution in [3.8, 4) is 23.0 Å². The number of nitrogens with zero attached hydrogens (tertiary/aromatic N) is 3. The van der Waals surface area contributed by atoms with Gasteiger partial charge in [0.2, 0.25) is 0 Å². The molecule has 3 rings (SSSR count). The lowest BCUT2D eigenvalue weighted by Crippen LogP contribution is -2.07. The molecule has 0 aromatic carbocycles. The summed E-state index contributed by atoms with van der Waals surface area (Å²) in [5.74, 6) is 1.47. The van der Waals surface area contributed by atoms with Crippen molar-refractivity contribution in [3.05, 3.63) is 48.8 Å². The Hall–Kier alpha value is -2.56. The predicted molar refractivity (Wildman–Crippen MR) is 61.6 cm³/mol. The van der Waals surface area contributed by atoms with Gasteiger partial charge in [-0.05, 0) is 24.3 Å². The molecule has 3 aromatic rings. The van der Waals surface area contributed by atoms with E-state index in [1.807, 2.05) is 36.4 Å². The molecule has 0 aliphatic rings. The number of aromatic nitrogens is 5. The van der Waals surface area contributed by atoms with E-state index in [0.29, 0.717) is 5.82 Å². The summed E-state index contributed by atoms with van der Waals surface area (Å²) < 4.78 is 0. The summed E-state index contributed by atoms with van der Waals surface area (Å²) in [5, 5.41) is 7.09. The lowest BCUT2D eigenvalue weighted by molar-refractivity contribution is -0.351. The van der Waals surface area contributed by atoms with Crippen molar-refractivity contribution in [3.63, 3.8) is 0 Å². The van der Waals surface area contributed by atoms with E-state index in [9.17, 15) is 0 Å². The molecule has 2 N–H and O–H groups in total. The van der Waals surface area contributed by atoms with Crippen LogP contribution in [0.5, 0.6) is 0 Å². The molecule has 0 unspecified atom stereocenters. The van der Waals surface area contributed by atoms with Gasteiger partial charge in [-0.1, -0.05) is 12.1 Å². The fourth-order valence-electron chi connectivity index (χ4n) is 1.54. The van der Waals surface area contributed by atoms with Gasteiger partial charge >= 0.3 is 5.82 Å². The minimum absolute atomic E-state index is 0.700. The first-order valence-electron chi connectivity index (χ1n) is 5.24. The number of pyridine rings is 2. The van der Waals surface area contributed by atoms with Crippen LogP contribution in [0.15, 0.2) is 48.8 Å². The van der Waals surface area contributed by atoms with Crippen LogP contribution in [0.25, 0.3) is 23.0 Å². The molecule has 0 aliphatic heterocycles. The van der Waals surface area contributed by atoms with Crippen molar-refractivity contribution < 1.29 is 4.98 Å². The van der Waals surface area contributed by atoms with Gasteiger partial charge < -0.3 is 0 Å². The smallest absolute Gasteiger partial charge is 0.250 e. The van der Waals surface area contributed by atoms with Crippen molar-refractivity contribution in [2.75, 3.05) is 0 Å². The van der Waals surface area contributed by atoms with Crippen molar-refractivity contribution in [1.29, 1.82) is 0 Å². The first-order valence-corrected chi connectivity index (χ1v) is 5.24. The summed E-state index contributed by atoms with van der Waals surface area (Å²) in [6.45, 7) is 0. The van der Waals surface area contributed by atoms with Crippen molar-refractivity contribution >= 4 is 0 Å². The van der Waals surface area contributed by atoms with Gasteiger partial charge in [-0.2, -0.15) is 0 Å². The van der Waals surface area contributed by atoms with E-state index < -0.39 is 0 Å². The third-order valence-corrected chi connectivity index (χ3v) is 2.35. The van der Waals surface area contributed by atoms with E-state index in [-0.39, 0.29) is 0 Å². The van der Waals surface area contributed by atoms with Gasteiger partial charge in [0.1, 0.15) is 11.4 Å². The zero-order valence-corrected chi connectivity index (χ0v) is 8.96. The third-order valence-electron chi connectivity index (χ3n) is 2.35. The molecule has 0 bridgehead atoms. The molecular formula is C12H10N5+. The van der Waals surface area contributed by atoms with Crippen LogP contribution in [0.2, 0.25) is 0 Å². The molecule has 0 saturated heterocycles. The second kappa shape index (κ2) is 4.13. The molecule has 0 saturated carbocycles. The molecule has 5 nitrogen and oxygen atoms in total. The SMILES string of the molecule is c1ccc(-c2n[nH]c(-c3ccccn3)[nH+]2)nc1. The lowest BCUT2D eigenvalue weighted by atomic mass is 10.3. The number of aromatic amines is 2. The molecule has 0 amide bonds. The maximum Gasteiger partial charge on any atom is 0.325 e.